The monoisotopic (exact) mass is 431 g/mol. The SMILES string of the molecule is Cc1ccc(CCN2C(=O)c3cc4ccccc4n3C[C@@]2(C)C(=O)NCCC(C)C)cc1. The lowest BCUT2D eigenvalue weighted by Gasteiger charge is -2.44. The van der Waals surface area contributed by atoms with Gasteiger partial charge in [0.05, 0.1) is 6.54 Å². The van der Waals surface area contributed by atoms with Gasteiger partial charge >= 0.3 is 0 Å². The molecule has 5 nitrogen and oxygen atoms in total. The summed E-state index contributed by atoms with van der Waals surface area (Å²) in [6.45, 7) is 9.82. The van der Waals surface area contributed by atoms with Crippen LogP contribution in [0.5, 0.6) is 0 Å². The maximum atomic E-state index is 13.7. The fourth-order valence-corrected chi connectivity index (χ4v) is 4.52. The summed E-state index contributed by atoms with van der Waals surface area (Å²) in [6, 6.07) is 18.3. The molecular formula is C27H33N3O2. The second kappa shape index (κ2) is 8.81. The molecule has 3 aromatic rings. The zero-order valence-corrected chi connectivity index (χ0v) is 19.5. The van der Waals surface area contributed by atoms with Crippen molar-refractivity contribution in [1.82, 2.24) is 14.8 Å². The van der Waals surface area contributed by atoms with Crippen LogP contribution in [-0.2, 0) is 17.8 Å². The average molecular weight is 432 g/mol. The molecule has 0 aliphatic carbocycles. The minimum absolute atomic E-state index is 0.0823. The number of nitrogens with one attached hydrogen (secondary N) is 1. The van der Waals surface area contributed by atoms with Gasteiger partial charge in [-0.2, -0.15) is 0 Å². The molecule has 0 unspecified atom stereocenters. The van der Waals surface area contributed by atoms with Crippen molar-refractivity contribution < 1.29 is 9.59 Å². The van der Waals surface area contributed by atoms with E-state index >= 15 is 0 Å². The smallest absolute Gasteiger partial charge is 0.271 e. The quantitative estimate of drug-likeness (QED) is 0.596. The summed E-state index contributed by atoms with van der Waals surface area (Å²) in [4.78, 5) is 28.9. The van der Waals surface area contributed by atoms with Crippen LogP contribution in [0.2, 0.25) is 0 Å². The van der Waals surface area contributed by atoms with E-state index in [0.29, 0.717) is 37.7 Å². The predicted octanol–water partition coefficient (Wildman–Crippen LogP) is 4.57. The van der Waals surface area contributed by atoms with Crippen molar-refractivity contribution in [3.63, 3.8) is 0 Å². The summed E-state index contributed by atoms with van der Waals surface area (Å²) < 4.78 is 2.02. The minimum atomic E-state index is -0.951. The fourth-order valence-electron chi connectivity index (χ4n) is 4.52. The molecule has 2 heterocycles. The number of aromatic nitrogens is 1. The number of amides is 2. The van der Waals surface area contributed by atoms with Gasteiger partial charge in [0.2, 0.25) is 5.91 Å². The van der Waals surface area contributed by atoms with Gasteiger partial charge < -0.3 is 14.8 Å². The number of carbonyl (C=O) groups is 2. The molecule has 168 valence electrons. The third-order valence-corrected chi connectivity index (χ3v) is 6.58. The van der Waals surface area contributed by atoms with Crippen molar-refractivity contribution in [3.05, 3.63) is 71.4 Å². The Labute approximate surface area is 190 Å². The van der Waals surface area contributed by atoms with E-state index in [1.54, 1.807) is 4.90 Å². The van der Waals surface area contributed by atoms with Crippen LogP contribution in [0, 0.1) is 12.8 Å². The summed E-state index contributed by atoms with van der Waals surface area (Å²) in [7, 11) is 0. The Hall–Kier alpha value is -3.08. The zero-order chi connectivity index (χ0) is 22.9. The zero-order valence-electron chi connectivity index (χ0n) is 19.5. The Morgan fingerprint density at radius 1 is 1.12 bits per heavy atom. The summed E-state index contributed by atoms with van der Waals surface area (Å²) in [5, 5.41) is 4.13. The van der Waals surface area contributed by atoms with E-state index < -0.39 is 5.54 Å². The molecule has 1 N–H and O–H groups in total. The second-order valence-corrected chi connectivity index (χ2v) is 9.58. The van der Waals surface area contributed by atoms with Crippen molar-refractivity contribution in [2.24, 2.45) is 5.92 Å². The molecule has 2 aromatic carbocycles. The van der Waals surface area contributed by atoms with E-state index in [4.69, 9.17) is 0 Å². The topological polar surface area (TPSA) is 54.3 Å². The predicted molar refractivity (Wildman–Crippen MR) is 129 cm³/mol. The normalized spacial score (nSPS) is 18.3. The van der Waals surface area contributed by atoms with Crippen LogP contribution >= 0.6 is 0 Å². The second-order valence-electron chi connectivity index (χ2n) is 9.58. The lowest BCUT2D eigenvalue weighted by molar-refractivity contribution is -0.132. The van der Waals surface area contributed by atoms with Gasteiger partial charge in [0.15, 0.2) is 0 Å². The van der Waals surface area contributed by atoms with E-state index in [1.807, 2.05) is 41.8 Å². The fraction of sp³-hybridized carbons (Fsp3) is 0.407. The number of hydrogen-bond donors (Lipinski definition) is 1. The first-order valence-electron chi connectivity index (χ1n) is 11.5. The lowest BCUT2D eigenvalue weighted by Crippen LogP contribution is -2.64. The van der Waals surface area contributed by atoms with E-state index in [0.717, 1.165) is 22.9 Å². The first-order valence-corrected chi connectivity index (χ1v) is 11.5. The maximum Gasteiger partial charge on any atom is 0.271 e. The molecular weight excluding hydrogens is 398 g/mol. The number of nitrogens with zero attached hydrogens (tertiary/aromatic N) is 2. The number of carbonyl (C=O) groups excluding carboxylic acids is 2. The summed E-state index contributed by atoms with van der Waals surface area (Å²) in [5.74, 6) is 0.341. The van der Waals surface area contributed by atoms with Crippen LogP contribution in [0.1, 0.15) is 48.8 Å². The Morgan fingerprint density at radius 2 is 1.84 bits per heavy atom. The molecule has 0 fully saturated rings. The number of para-hydroxylation sites is 1. The van der Waals surface area contributed by atoms with Gasteiger partial charge in [-0.25, -0.2) is 0 Å². The van der Waals surface area contributed by atoms with Gasteiger partial charge in [-0.1, -0.05) is 61.9 Å². The standard InChI is InChI=1S/C27H33N3O2/c1-19(2)13-15-28-26(32)27(4)18-29-23-8-6-5-7-22(23)17-24(29)25(31)30(27)16-14-21-11-9-20(3)10-12-21/h5-12,17,19H,13-16,18H2,1-4H3,(H,28,32)/t27-/m0/s1. The van der Waals surface area contributed by atoms with E-state index in [1.165, 1.54) is 5.56 Å². The molecule has 0 saturated heterocycles. The highest BCUT2D eigenvalue weighted by molar-refractivity contribution is 6.03. The van der Waals surface area contributed by atoms with Crippen LogP contribution in [0.3, 0.4) is 0 Å². The van der Waals surface area contributed by atoms with E-state index in [2.05, 4.69) is 50.4 Å². The molecule has 0 saturated carbocycles. The Kier molecular flexibility index (Phi) is 6.09. The third-order valence-electron chi connectivity index (χ3n) is 6.58. The highest BCUT2D eigenvalue weighted by Gasteiger charge is 2.47. The number of fused-ring (bicyclic) bond motifs is 3. The van der Waals surface area contributed by atoms with Crippen LogP contribution in [0.4, 0.5) is 0 Å². The Balaban J connectivity index is 1.67. The molecule has 0 bridgehead atoms. The minimum Gasteiger partial charge on any atom is -0.354 e. The van der Waals surface area contributed by atoms with Gasteiger partial charge in [0, 0.05) is 24.0 Å². The molecule has 1 atom stereocenters. The molecule has 0 spiro atoms. The number of aryl methyl sites for hydroxylation is 1. The molecule has 0 radical (unpaired) electrons. The van der Waals surface area contributed by atoms with Crippen molar-refractivity contribution >= 4 is 22.7 Å². The van der Waals surface area contributed by atoms with Crippen LogP contribution in [0.15, 0.2) is 54.6 Å². The van der Waals surface area contributed by atoms with E-state index in [9.17, 15) is 9.59 Å². The summed E-state index contributed by atoms with van der Waals surface area (Å²) in [5.41, 5.74) is 3.07. The summed E-state index contributed by atoms with van der Waals surface area (Å²) >= 11 is 0. The molecule has 4 rings (SSSR count). The maximum absolute atomic E-state index is 13.7. The highest BCUT2D eigenvalue weighted by atomic mass is 16.2. The van der Waals surface area contributed by atoms with Gasteiger partial charge in [-0.15, -0.1) is 0 Å². The van der Waals surface area contributed by atoms with Crippen molar-refractivity contribution in [3.8, 4) is 0 Å². The summed E-state index contributed by atoms with van der Waals surface area (Å²) in [6.07, 6.45) is 1.62. The van der Waals surface area contributed by atoms with E-state index in [-0.39, 0.29) is 11.8 Å². The number of hydrogen-bond acceptors (Lipinski definition) is 2. The Bertz CT molecular complexity index is 1130. The van der Waals surface area contributed by atoms with Gasteiger partial charge in [-0.05, 0) is 50.3 Å². The molecule has 5 heteroatoms. The third kappa shape index (κ3) is 4.16. The number of benzene rings is 2. The lowest BCUT2D eigenvalue weighted by atomic mass is 9.93. The first kappa shape index (κ1) is 22.1. The average Bonchev–Trinajstić information content (AvgIpc) is 3.13. The van der Waals surface area contributed by atoms with Crippen molar-refractivity contribution in [2.45, 2.75) is 52.6 Å². The van der Waals surface area contributed by atoms with Crippen LogP contribution in [-0.4, -0.2) is 39.9 Å². The van der Waals surface area contributed by atoms with Crippen molar-refractivity contribution in [2.75, 3.05) is 13.1 Å². The molecule has 1 aliphatic rings. The first-order chi connectivity index (χ1) is 15.3. The number of rotatable bonds is 7. The molecule has 32 heavy (non-hydrogen) atoms. The Morgan fingerprint density at radius 3 is 2.56 bits per heavy atom. The van der Waals surface area contributed by atoms with Crippen LogP contribution < -0.4 is 5.32 Å². The van der Waals surface area contributed by atoms with Gasteiger partial charge in [-0.3, -0.25) is 9.59 Å². The van der Waals surface area contributed by atoms with Crippen LogP contribution in [0.25, 0.3) is 10.9 Å². The highest BCUT2D eigenvalue weighted by Crippen LogP contribution is 2.32. The van der Waals surface area contributed by atoms with Gasteiger partial charge in [0.1, 0.15) is 11.2 Å². The molecule has 1 aromatic heterocycles. The van der Waals surface area contributed by atoms with Gasteiger partial charge in [0.25, 0.3) is 5.91 Å². The molecule has 1 aliphatic heterocycles. The largest absolute Gasteiger partial charge is 0.354 e. The van der Waals surface area contributed by atoms with Crippen molar-refractivity contribution in [1.29, 1.82) is 0 Å². The molecule has 2 amide bonds.